The van der Waals surface area contributed by atoms with Crippen LogP contribution in [-0.2, 0) is 25.7 Å². The number of carbonyl (C=O) groups excluding carboxylic acids is 5. The molecule has 3 unspecified atom stereocenters. The van der Waals surface area contributed by atoms with Crippen molar-refractivity contribution in [3.05, 3.63) is 76.3 Å². The number of benzene rings is 3. The fourth-order valence-corrected chi connectivity index (χ4v) is 6.64. The predicted molar refractivity (Wildman–Crippen MR) is 241 cm³/mol. The number of carboxylic acids is 1. The Hall–Kier alpha value is -7.62. The van der Waals surface area contributed by atoms with Crippen molar-refractivity contribution in [2.75, 3.05) is 28.6 Å². The number of alkyl carbamates (subject to hydrolysis) is 1. The van der Waals surface area contributed by atoms with Gasteiger partial charge < -0.3 is 53.2 Å². The van der Waals surface area contributed by atoms with E-state index in [0.717, 1.165) is 5.56 Å². The van der Waals surface area contributed by atoms with Crippen LogP contribution in [-0.4, -0.2) is 102 Å². The maximum Gasteiger partial charge on any atom is 0.408 e. The number of fused-ring (bicyclic) bond motifs is 1. The van der Waals surface area contributed by atoms with Crippen molar-refractivity contribution in [3.63, 3.8) is 0 Å². The molecule has 23 heteroatoms. The molecule has 2 aromatic heterocycles. The molecule has 3 atom stereocenters. The van der Waals surface area contributed by atoms with Crippen LogP contribution in [0.15, 0.2) is 54.6 Å². The molecule has 0 aliphatic carbocycles. The van der Waals surface area contributed by atoms with Gasteiger partial charge in [0.1, 0.15) is 29.5 Å². The van der Waals surface area contributed by atoms with E-state index in [2.05, 4.69) is 62.5 Å². The van der Waals surface area contributed by atoms with Crippen molar-refractivity contribution < 1.29 is 38.6 Å². The Bertz CT molecular complexity index is 2550. The highest BCUT2D eigenvalue weighted by atomic mass is 35.5. The first-order valence-electron chi connectivity index (χ1n) is 20.3. The van der Waals surface area contributed by atoms with E-state index in [1.54, 1.807) is 71.0 Å². The van der Waals surface area contributed by atoms with Gasteiger partial charge in [-0.3, -0.25) is 19.2 Å². The topological polar surface area (TPSA) is 336 Å². The minimum Gasteiger partial charge on any atom is -0.480 e. The van der Waals surface area contributed by atoms with Crippen molar-refractivity contribution >= 4 is 81.3 Å². The van der Waals surface area contributed by atoms with Gasteiger partial charge in [-0.05, 0) is 106 Å². The molecule has 0 saturated heterocycles. The summed E-state index contributed by atoms with van der Waals surface area (Å²) in [6, 6.07) is 11.0. The second-order valence-corrected chi connectivity index (χ2v) is 16.6. The van der Waals surface area contributed by atoms with Gasteiger partial charge in [-0.15, -0.1) is 10.2 Å². The van der Waals surface area contributed by atoms with E-state index in [1.807, 2.05) is 0 Å². The molecule has 0 radical (unpaired) electrons. The molecule has 0 aliphatic heterocycles. The summed E-state index contributed by atoms with van der Waals surface area (Å²) in [5.74, 6) is -3.71. The molecule has 22 nitrogen and oxygen atoms in total. The maximum absolute atomic E-state index is 13.4. The first-order chi connectivity index (χ1) is 30.7. The van der Waals surface area contributed by atoms with Crippen LogP contribution in [0.5, 0.6) is 0 Å². The number of aliphatic carboxylic acids is 1. The van der Waals surface area contributed by atoms with E-state index < -0.39 is 59.4 Å². The van der Waals surface area contributed by atoms with E-state index in [9.17, 15) is 33.9 Å². The number of aromatic amines is 1. The van der Waals surface area contributed by atoms with Crippen molar-refractivity contribution in [1.82, 2.24) is 51.9 Å². The number of nitrogens with zero attached hydrogens (tertiary/aromatic N) is 5. The lowest BCUT2D eigenvalue weighted by atomic mass is 10.0. The van der Waals surface area contributed by atoms with Crippen molar-refractivity contribution in [2.24, 2.45) is 5.92 Å². The lowest BCUT2D eigenvalue weighted by molar-refractivity contribution is -0.139. The standard InChI is InChI=1S/C42H51ClN14O8/c1-20(2)32(52-41(64)65-42(4,5)6)38(61)48-21(3)35(58)49-25-14-15-26(27(18-25)34-54-56-57-55-34)37(60)46-17-7-8-29(39(62)63)50-36(59)22-9-12-24(13-10-22)47-19-23-11-16-28-30(31(23)43)33(44)53-40(45)51-28/h9-16,18,20-21,29,32,47H,7-8,17,19H2,1-6H3,(H,46,60)(H,48,61)(H,49,58)(H,50,59)(H,52,64)(H,62,63)(H4,44,45,51,53)(H,54,55,56,57). The lowest BCUT2D eigenvalue weighted by Crippen LogP contribution is -2.54. The van der Waals surface area contributed by atoms with Gasteiger partial charge in [0.25, 0.3) is 11.8 Å². The van der Waals surface area contributed by atoms with E-state index >= 15 is 0 Å². The Morgan fingerprint density at radius 3 is 2.23 bits per heavy atom. The summed E-state index contributed by atoms with van der Waals surface area (Å²) in [5.41, 5.74) is 13.6. The third-order valence-corrected chi connectivity index (χ3v) is 10.0. The number of rotatable bonds is 18. The number of anilines is 4. The van der Waals surface area contributed by atoms with E-state index in [1.165, 1.54) is 25.1 Å². The number of amides is 5. The predicted octanol–water partition coefficient (Wildman–Crippen LogP) is 3.63. The first-order valence-corrected chi connectivity index (χ1v) is 20.7. The zero-order valence-electron chi connectivity index (χ0n) is 36.4. The molecule has 0 saturated carbocycles. The van der Waals surface area contributed by atoms with Crippen LogP contribution in [0.2, 0.25) is 5.02 Å². The molecular formula is C42H51ClN14O8. The van der Waals surface area contributed by atoms with Gasteiger partial charge >= 0.3 is 12.1 Å². The fourth-order valence-electron chi connectivity index (χ4n) is 6.32. The van der Waals surface area contributed by atoms with Gasteiger partial charge in [-0.25, -0.2) is 14.6 Å². The highest BCUT2D eigenvalue weighted by Gasteiger charge is 2.29. The second-order valence-electron chi connectivity index (χ2n) is 16.2. The van der Waals surface area contributed by atoms with Crippen LogP contribution >= 0.6 is 11.6 Å². The smallest absolute Gasteiger partial charge is 0.408 e. The molecule has 5 aromatic rings. The molecule has 65 heavy (non-hydrogen) atoms. The van der Waals surface area contributed by atoms with Crippen molar-refractivity contribution in [2.45, 2.75) is 84.7 Å². The molecule has 2 heterocycles. The number of nitrogen functional groups attached to an aromatic ring is 2. The Morgan fingerprint density at radius 1 is 0.877 bits per heavy atom. The van der Waals surface area contributed by atoms with E-state index in [0.29, 0.717) is 28.2 Å². The maximum atomic E-state index is 13.4. The van der Waals surface area contributed by atoms with E-state index in [4.69, 9.17) is 27.8 Å². The number of halogens is 1. The van der Waals surface area contributed by atoms with Crippen LogP contribution in [0.3, 0.4) is 0 Å². The van der Waals surface area contributed by atoms with Crippen LogP contribution in [0.4, 0.5) is 27.9 Å². The number of hydrogen-bond acceptors (Lipinski definition) is 15. The van der Waals surface area contributed by atoms with Gasteiger partial charge in [0, 0.05) is 35.6 Å². The third kappa shape index (κ3) is 13.2. The Labute approximate surface area is 377 Å². The summed E-state index contributed by atoms with van der Waals surface area (Å²) in [6.45, 7) is 10.4. The summed E-state index contributed by atoms with van der Waals surface area (Å²) in [4.78, 5) is 85.3. The molecule has 0 spiro atoms. The molecular weight excluding hydrogens is 864 g/mol. The summed E-state index contributed by atoms with van der Waals surface area (Å²) in [5, 5.41) is 40.9. The number of nitrogens with two attached hydrogens (primary N) is 2. The number of carboxylic acid groups (broad SMARTS) is 1. The Balaban J connectivity index is 1.13. The number of H-pyrrole nitrogens is 1. The quantitative estimate of drug-likeness (QED) is 0.0561. The second kappa shape index (κ2) is 21.2. The number of ether oxygens (including phenoxy) is 1. The van der Waals surface area contributed by atoms with E-state index in [-0.39, 0.29) is 65.3 Å². The number of aromatic nitrogens is 6. The zero-order valence-corrected chi connectivity index (χ0v) is 37.2. The van der Waals surface area contributed by atoms with Gasteiger partial charge in [-0.2, -0.15) is 10.2 Å². The summed E-state index contributed by atoms with van der Waals surface area (Å²) >= 11 is 6.59. The highest BCUT2D eigenvalue weighted by molar-refractivity contribution is 6.37. The molecule has 0 fully saturated rings. The lowest BCUT2D eigenvalue weighted by Gasteiger charge is -2.26. The number of nitrogens with one attached hydrogen (secondary N) is 7. The summed E-state index contributed by atoms with van der Waals surface area (Å²) in [7, 11) is 0. The molecule has 5 rings (SSSR count). The molecule has 0 bridgehead atoms. The van der Waals surface area contributed by atoms with Crippen molar-refractivity contribution in [1.29, 1.82) is 0 Å². The molecule has 5 amide bonds. The largest absolute Gasteiger partial charge is 0.480 e. The molecule has 3 aromatic carbocycles. The van der Waals surface area contributed by atoms with Crippen molar-refractivity contribution in [3.8, 4) is 11.4 Å². The molecule has 0 aliphatic rings. The molecule has 344 valence electrons. The average molecular weight is 915 g/mol. The SMILES string of the molecule is CC(NC(=O)C(NC(=O)OC(C)(C)C)C(C)C)C(=O)Nc1ccc(C(=O)NCCCC(NC(=O)c2ccc(NCc3ccc4nc(N)nc(N)c4c3Cl)cc2)C(=O)O)c(-c2nn[nH]n2)c1. The van der Waals surface area contributed by atoms with Crippen LogP contribution in [0.25, 0.3) is 22.3 Å². The minimum atomic E-state index is -1.26. The van der Waals surface area contributed by atoms with Gasteiger partial charge in [0.15, 0.2) is 0 Å². The first kappa shape index (κ1) is 48.4. The highest BCUT2D eigenvalue weighted by Crippen LogP contribution is 2.31. The normalized spacial score (nSPS) is 12.7. The van der Waals surface area contributed by atoms with Crippen LogP contribution < -0.4 is 43.4 Å². The molecule has 12 N–H and O–H groups in total. The number of hydrogen-bond donors (Lipinski definition) is 10. The van der Waals surface area contributed by atoms with Gasteiger partial charge in [0.2, 0.25) is 23.6 Å². The zero-order chi connectivity index (χ0) is 47.6. The monoisotopic (exact) mass is 914 g/mol. The Morgan fingerprint density at radius 2 is 1.58 bits per heavy atom. The van der Waals surface area contributed by atoms with Gasteiger partial charge in [-0.1, -0.05) is 31.5 Å². The third-order valence-electron chi connectivity index (χ3n) is 9.61. The Kier molecular flexibility index (Phi) is 15.8. The summed E-state index contributed by atoms with van der Waals surface area (Å²) in [6.07, 6.45) is -0.614. The van der Waals surface area contributed by atoms with Crippen LogP contribution in [0.1, 0.15) is 80.7 Å². The number of tetrazole rings is 1. The minimum absolute atomic E-state index is 0.0119. The average Bonchev–Trinajstić information content (AvgIpc) is 3.78. The number of carbonyl (C=O) groups is 6. The van der Waals surface area contributed by atoms with Crippen LogP contribution in [0, 0.1) is 5.92 Å². The van der Waals surface area contributed by atoms with Gasteiger partial charge in [0.05, 0.1) is 21.5 Å². The fraction of sp³-hybridized carbons (Fsp3) is 0.357. The summed E-state index contributed by atoms with van der Waals surface area (Å²) < 4.78 is 5.27.